The molecule has 1 aromatic heterocycles. The van der Waals surface area contributed by atoms with E-state index in [-0.39, 0.29) is 0 Å². The fourth-order valence-corrected chi connectivity index (χ4v) is 4.08. The summed E-state index contributed by atoms with van der Waals surface area (Å²) in [5.41, 5.74) is 2.89. The fourth-order valence-electron chi connectivity index (χ4n) is 2.99. The minimum atomic E-state index is -3.60. The minimum Gasteiger partial charge on any atom is -0.368 e. The standard InChI is InChI=1S/C19H25N3O2S/c1-3-14(2)21-19-11-9-17(13-20-19)22-25(23,24)18-10-8-15-6-4-5-7-16(15)12-18/h8-14,22H,3-7H2,1-2H3,(H,20,21). The van der Waals surface area contributed by atoms with E-state index < -0.39 is 10.0 Å². The Hall–Kier alpha value is -2.08. The molecule has 1 unspecified atom stereocenters. The van der Waals surface area contributed by atoms with E-state index in [9.17, 15) is 8.42 Å². The second kappa shape index (κ2) is 7.44. The highest BCUT2D eigenvalue weighted by Gasteiger charge is 2.18. The van der Waals surface area contributed by atoms with Crippen molar-refractivity contribution in [2.24, 2.45) is 0 Å². The molecular formula is C19H25N3O2S. The van der Waals surface area contributed by atoms with Crippen LogP contribution >= 0.6 is 0 Å². The molecule has 1 aliphatic rings. The molecule has 1 aliphatic carbocycles. The molecule has 0 aliphatic heterocycles. The van der Waals surface area contributed by atoms with Gasteiger partial charge >= 0.3 is 0 Å². The summed E-state index contributed by atoms with van der Waals surface area (Å²) >= 11 is 0. The van der Waals surface area contributed by atoms with Crippen molar-refractivity contribution in [3.05, 3.63) is 47.7 Å². The molecule has 0 bridgehead atoms. The van der Waals surface area contributed by atoms with E-state index >= 15 is 0 Å². The van der Waals surface area contributed by atoms with Gasteiger partial charge in [0.1, 0.15) is 5.82 Å². The molecular weight excluding hydrogens is 334 g/mol. The lowest BCUT2D eigenvalue weighted by molar-refractivity contribution is 0.600. The van der Waals surface area contributed by atoms with Crippen molar-refractivity contribution in [1.29, 1.82) is 0 Å². The van der Waals surface area contributed by atoms with Gasteiger partial charge in [-0.1, -0.05) is 13.0 Å². The number of benzene rings is 1. The first-order valence-corrected chi connectivity index (χ1v) is 10.3. The van der Waals surface area contributed by atoms with E-state index in [0.29, 0.717) is 16.6 Å². The van der Waals surface area contributed by atoms with E-state index in [0.717, 1.165) is 37.1 Å². The Kier molecular flexibility index (Phi) is 5.27. The number of pyridine rings is 1. The van der Waals surface area contributed by atoms with E-state index in [4.69, 9.17) is 0 Å². The number of sulfonamides is 1. The molecule has 3 rings (SSSR count). The van der Waals surface area contributed by atoms with Crippen molar-refractivity contribution in [2.45, 2.75) is 56.9 Å². The normalized spacial score (nSPS) is 15.3. The monoisotopic (exact) mass is 359 g/mol. The first-order valence-electron chi connectivity index (χ1n) is 8.85. The number of aromatic nitrogens is 1. The number of hydrogen-bond acceptors (Lipinski definition) is 4. The van der Waals surface area contributed by atoms with Crippen molar-refractivity contribution in [3.8, 4) is 0 Å². The molecule has 0 spiro atoms. The number of rotatable bonds is 6. The highest BCUT2D eigenvalue weighted by Crippen LogP contribution is 2.25. The van der Waals surface area contributed by atoms with Crippen LogP contribution in [0.1, 0.15) is 44.2 Å². The van der Waals surface area contributed by atoms with Crippen LogP contribution < -0.4 is 10.0 Å². The third-order valence-corrected chi connectivity index (χ3v) is 6.03. The SMILES string of the molecule is CCC(C)Nc1ccc(NS(=O)(=O)c2ccc3c(c2)CCCC3)cn1. The van der Waals surface area contributed by atoms with Crippen LogP contribution in [-0.2, 0) is 22.9 Å². The van der Waals surface area contributed by atoms with E-state index in [1.807, 2.05) is 12.1 Å². The number of anilines is 2. The van der Waals surface area contributed by atoms with E-state index in [1.54, 1.807) is 24.4 Å². The minimum absolute atomic E-state index is 0.315. The molecule has 134 valence electrons. The molecule has 2 N–H and O–H groups in total. The Balaban J connectivity index is 1.75. The summed E-state index contributed by atoms with van der Waals surface area (Å²) in [5, 5.41) is 3.26. The smallest absolute Gasteiger partial charge is 0.261 e. The van der Waals surface area contributed by atoms with Crippen LogP contribution in [0.25, 0.3) is 0 Å². The molecule has 6 heteroatoms. The van der Waals surface area contributed by atoms with Gasteiger partial charge in [0, 0.05) is 6.04 Å². The van der Waals surface area contributed by atoms with Gasteiger partial charge in [0.2, 0.25) is 0 Å². The van der Waals surface area contributed by atoms with Crippen LogP contribution in [0.5, 0.6) is 0 Å². The molecule has 1 heterocycles. The number of fused-ring (bicyclic) bond motifs is 1. The summed E-state index contributed by atoms with van der Waals surface area (Å²) in [5.74, 6) is 0.742. The Morgan fingerprint density at radius 1 is 1.12 bits per heavy atom. The maximum absolute atomic E-state index is 12.6. The molecule has 0 amide bonds. The zero-order chi connectivity index (χ0) is 17.9. The molecule has 1 atom stereocenters. The Labute approximate surface area is 149 Å². The summed E-state index contributed by atoms with van der Waals surface area (Å²) in [6.07, 6.45) is 6.83. The molecule has 0 saturated heterocycles. The number of aryl methyl sites for hydroxylation is 2. The largest absolute Gasteiger partial charge is 0.368 e. The van der Waals surface area contributed by atoms with Gasteiger partial charge in [0.25, 0.3) is 10.0 Å². The van der Waals surface area contributed by atoms with Gasteiger partial charge in [-0.2, -0.15) is 0 Å². The summed E-state index contributed by atoms with van der Waals surface area (Å²) in [4.78, 5) is 4.59. The van der Waals surface area contributed by atoms with Crippen molar-refractivity contribution in [1.82, 2.24) is 4.98 Å². The van der Waals surface area contributed by atoms with Gasteiger partial charge in [-0.25, -0.2) is 13.4 Å². The summed E-state index contributed by atoms with van der Waals surface area (Å²) in [6, 6.07) is 9.29. The third-order valence-electron chi connectivity index (χ3n) is 4.65. The Bertz CT molecular complexity index is 832. The second-order valence-electron chi connectivity index (χ2n) is 6.63. The molecule has 0 radical (unpaired) electrons. The van der Waals surface area contributed by atoms with Crippen LogP contribution in [0.15, 0.2) is 41.4 Å². The quantitative estimate of drug-likeness (QED) is 0.819. The average molecular weight is 359 g/mol. The Morgan fingerprint density at radius 3 is 2.56 bits per heavy atom. The van der Waals surface area contributed by atoms with Gasteiger partial charge in [-0.3, -0.25) is 4.72 Å². The molecule has 1 aromatic carbocycles. The maximum Gasteiger partial charge on any atom is 0.261 e. The summed E-state index contributed by atoms with van der Waals surface area (Å²) < 4.78 is 27.9. The number of nitrogens with one attached hydrogen (secondary N) is 2. The average Bonchev–Trinajstić information content (AvgIpc) is 2.62. The summed E-state index contributed by atoms with van der Waals surface area (Å²) in [6.45, 7) is 4.17. The van der Waals surface area contributed by atoms with Crippen LogP contribution in [0.2, 0.25) is 0 Å². The molecule has 0 saturated carbocycles. The molecule has 2 aromatic rings. The third kappa shape index (κ3) is 4.31. The van der Waals surface area contributed by atoms with E-state index in [2.05, 4.69) is 28.9 Å². The first kappa shape index (κ1) is 17.7. The zero-order valence-electron chi connectivity index (χ0n) is 14.7. The highest BCUT2D eigenvalue weighted by atomic mass is 32.2. The van der Waals surface area contributed by atoms with Crippen LogP contribution in [0.4, 0.5) is 11.5 Å². The van der Waals surface area contributed by atoms with Gasteiger partial charge in [0.05, 0.1) is 16.8 Å². The topological polar surface area (TPSA) is 71.1 Å². The van der Waals surface area contributed by atoms with Gasteiger partial charge < -0.3 is 5.32 Å². The number of hydrogen-bond donors (Lipinski definition) is 2. The molecule has 5 nitrogen and oxygen atoms in total. The Morgan fingerprint density at radius 2 is 1.88 bits per heavy atom. The fraction of sp³-hybridized carbons (Fsp3) is 0.421. The number of nitrogens with zero attached hydrogens (tertiary/aromatic N) is 1. The van der Waals surface area contributed by atoms with Gasteiger partial charge in [-0.05, 0) is 74.4 Å². The maximum atomic E-state index is 12.6. The predicted molar refractivity (Wildman–Crippen MR) is 102 cm³/mol. The summed E-state index contributed by atoms with van der Waals surface area (Å²) in [7, 11) is -3.60. The van der Waals surface area contributed by atoms with Crippen LogP contribution in [-0.4, -0.2) is 19.4 Å². The van der Waals surface area contributed by atoms with Crippen molar-refractivity contribution < 1.29 is 8.42 Å². The van der Waals surface area contributed by atoms with Crippen LogP contribution in [0, 0.1) is 0 Å². The molecule has 25 heavy (non-hydrogen) atoms. The lowest BCUT2D eigenvalue weighted by Gasteiger charge is -2.17. The van der Waals surface area contributed by atoms with Gasteiger partial charge in [-0.15, -0.1) is 0 Å². The molecule has 0 fully saturated rings. The second-order valence-corrected chi connectivity index (χ2v) is 8.31. The van der Waals surface area contributed by atoms with Crippen LogP contribution in [0.3, 0.4) is 0 Å². The predicted octanol–water partition coefficient (Wildman–Crippen LogP) is 3.97. The van der Waals surface area contributed by atoms with Crippen molar-refractivity contribution in [3.63, 3.8) is 0 Å². The lowest BCUT2D eigenvalue weighted by Crippen LogP contribution is -2.16. The lowest BCUT2D eigenvalue weighted by atomic mass is 9.92. The first-order chi connectivity index (χ1) is 12.0. The zero-order valence-corrected chi connectivity index (χ0v) is 15.6. The van der Waals surface area contributed by atoms with E-state index in [1.165, 1.54) is 12.0 Å². The van der Waals surface area contributed by atoms with Gasteiger partial charge in [0.15, 0.2) is 0 Å². The van der Waals surface area contributed by atoms with Crippen molar-refractivity contribution >= 4 is 21.5 Å². The highest BCUT2D eigenvalue weighted by molar-refractivity contribution is 7.92. The van der Waals surface area contributed by atoms with Crippen molar-refractivity contribution in [2.75, 3.05) is 10.0 Å².